The Morgan fingerprint density at radius 3 is 2.40 bits per heavy atom. The van der Waals surface area contributed by atoms with Crippen molar-refractivity contribution in [1.29, 1.82) is 0 Å². The molecule has 0 bridgehead atoms. The first-order valence-electron chi connectivity index (χ1n) is 14.6. The Hall–Kier alpha value is -3.92. The van der Waals surface area contributed by atoms with Crippen LogP contribution in [0.25, 0.3) is 5.57 Å². The predicted molar refractivity (Wildman–Crippen MR) is 155 cm³/mol. The number of benzene rings is 2. The van der Waals surface area contributed by atoms with E-state index in [1.54, 1.807) is 0 Å². The molecule has 0 spiro atoms. The van der Waals surface area contributed by atoms with Gasteiger partial charge in [-0.25, -0.2) is 20.2 Å². The topological polar surface area (TPSA) is 81.6 Å². The van der Waals surface area contributed by atoms with E-state index in [0.717, 1.165) is 56.2 Å². The van der Waals surface area contributed by atoms with Crippen LogP contribution in [0.2, 0.25) is 0 Å². The summed E-state index contributed by atoms with van der Waals surface area (Å²) < 4.78 is 39.9. The number of fused-ring (bicyclic) bond motifs is 1. The molecule has 42 heavy (non-hydrogen) atoms. The minimum atomic E-state index is -4.42. The van der Waals surface area contributed by atoms with Gasteiger partial charge >= 0.3 is 12.1 Å². The number of hydrogen-bond donors (Lipinski definition) is 2. The van der Waals surface area contributed by atoms with Gasteiger partial charge in [0.25, 0.3) is 0 Å². The summed E-state index contributed by atoms with van der Waals surface area (Å²) in [5, 5.41) is 11.7. The second kappa shape index (κ2) is 11.4. The molecule has 10 heteroatoms. The molecule has 2 unspecified atom stereocenters. The highest BCUT2D eigenvalue weighted by molar-refractivity contribution is 5.86. The molecule has 220 valence electrons. The summed E-state index contributed by atoms with van der Waals surface area (Å²) in [6.07, 6.45) is 3.98. The standard InChI is InChI=1S/C32H34F3N5O2/c1-20(22-10-7-11-22)38-40-29-27(18-36-28(37-29)31(41)42)39(19-21-14-16-24(17-15-21)32(33,34)35)30(40)26-13-6-5-12-25(26)23-8-3-2-4-9-23/h2-4,8-9,14-18,20,22,30,38H,5-7,10-13,19H2,1H3,(H,41,42). The van der Waals surface area contributed by atoms with E-state index < -0.39 is 17.7 Å². The van der Waals surface area contributed by atoms with Gasteiger partial charge < -0.3 is 10.0 Å². The average molecular weight is 578 g/mol. The van der Waals surface area contributed by atoms with Crippen LogP contribution in [-0.2, 0) is 12.7 Å². The largest absolute Gasteiger partial charge is 0.475 e. The van der Waals surface area contributed by atoms with Gasteiger partial charge in [-0.2, -0.15) is 13.2 Å². The fourth-order valence-corrected chi connectivity index (χ4v) is 6.33. The van der Waals surface area contributed by atoms with Crippen molar-refractivity contribution in [2.75, 3.05) is 9.91 Å². The molecule has 3 aliphatic rings. The molecule has 0 saturated heterocycles. The first kappa shape index (κ1) is 28.2. The van der Waals surface area contributed by atoms with Gasteiger partial charge in [0, 0.05) is 12.6 Å². The van der Waals surface area contributed by atoms with Crippen LogP contribution in [-0.4, -0.2) is 33.3 Å². The van der Waals surface area contributed by atoms with Crippen molar-refractivity contribution in [1.82, 2.24) is 15.4 Å². The first-order chi connectivity index (χ1) is 20.2. The highest BCUT2D eigenvalue weighted by Crippen LogP contribution is 2.46. The number of carboxylic acid groups (broad SMARTS) is 1. The molecule has 0 radical (unpaired) electrons. The molecule has 3 aromatic rings. The predicted octanol–water partition coefficient (Wildman–Crippen LogP) is 7.07. The Balaban J connectivity index is 1.48. The lowest BCUT2D eigenvalue weighted by Gasteiger charge is -2.41. The molecule has 2 N–H and O–H groups in total. The molecule has 2 aromatic carbocycles. The molecular weight excluding hydrogens is 543 g/mol. The smallest absolute Gasteiger partial charge is 0.416 e. The molecule has 6 rings (SSSR count). The highest BCUT2D eigenvalue weighted by atomic mass is 19.4. The van der Waals surface area contributed by atoms with Crippen molar-refractivity contribution in [3.63, 3.8) is 0 Å². The van der Waals surface area contributed by atoms with Crippen molar-refractivity contribution in [2.45, 2.75) is 76.8 Å². The fourth-order valence-electron chi connectivity index (χ4n) is 6.33. The fraction of sp³-hybridized carbons (Fsp3) is 0.406. The molecule has 0 amide bonds. The Kier molecular flexibility index (Phi) is 7.66. The quantitative estimate of drug-likeness (QED) is 0.296. The summed E-state index contributed by atoms with van der Waals surface area (Å²) in [5.74, 6) is -0.555. The molecule has 1 saturated carbocycles. The summed E-state index contributed by atoms with van der Waals surface area (Å²) in [7, 11) is 0. The number of anilines is 2. The van der Waals surface area contributed by atoms with Crippen molar-refractivity contribution < 1.29 is 23.1 Å². The second-order valence-electron chi connectivity index (χ2n) is 11.5. The van der Waals surface area contributed by atoms with E-state index in [4.69, 9.17) is 0 Å². The zero-order valence-electron chi connectivity index (χ0n) is 23.4. The van der Waals surface area contributed by atoms with Crippen LogP contribution < -0.4 is 15.3 Å². The Morgan fingerprint density at radius 2 is 1.76 bits per heavy atom. The van der Waals surface area contributed by atoms with Gasteiger partial charge in [0.2, 0.25) is 5.82 Å². The van der Waals surface area contributed by atoms with Crippen molar-refractivity contribution >= 4 is 23.0 Å². The van der Waals surface area contributed by atoms with E-state index in [9.17, 15) is 23.1 Å². The maximum Gasteiger partial charge on any atom is 0.416 e. The lowest BCUT2D eigenvalue weighted by atomic mass is 9.80. The molecule has 2 aliphatic carbocycles. The number of allylic oxidation sites excluding steroid dienone is 1. The number of hydrogen-bond acceptors (Lipinski definition) is 6. The zero-order valence-corrected chi connectivity index (χ0v) is 23.4. The Morgan fingerprint density at radius 1 is 1.05 bits per heavy atom. The van der Waals surface area contributed by atoms with E-state index in [1.807, 2.05) is 23.2 Å². The summed E-state index contributed by atoms with van der Waals surface area (Å²) in [4.78, 5) is 22.7. The van der Waals surface area contributed by atoms with Gasteiger partial charge in [0.15, 0.2) is 5.82 Å². The lowest BCUT2D eigenvalue weighted by molar-refractivity contribution is -0.137. The highest BCUT2D eigenvalue weighted by Gasteiger charge is 2.43. The summed E-state index contributed by atoms with van der Waals surface area (Å²) in [6.45, 7) is 2.44. The maximum atomic E-state index is 13.3. The van der Waals surface area contributed by atoms with E-state index in [0.29, 0.717) is 29.5 Å². The van der Waals surface area contributed by atoms with Gasteiger partial charge in [0.05, 0.1) is 11.8 Å². The number of alkyl halides is 3. The molecule has 1 fully saturated rings. The number of aromatic carboxylic acids is 1. The Labute approximate surface area is 243 Å². The Bertz CT molecular complexity index is 1470. The number of nitrogens with zero attached hydrogens (tertiary/aromatic N) is 4. The summed E-state index contributed by atoms with van der Waals surface area (Å²) >= 11 is 0. The molecular formula is C32H34F3N5O2. The van der Waals surface area contributed by atoms with E-state index in [-0.39, 0.29) is 18.0 Å². The average Bonchev–Trinajstić information content (AvgIpc) is 3.24. The first-order valence-corrected chi connectivity index (χ1v) is 14.6. The third-order valence-electron chi connectivity index (χ3n) is 8.80. The van der Waals surface area contributed by atoms with Crippen LogP contribution in [0.15, 0.2) is 66.4 Å². The van der Waals surface area contributed by atoms with E-state index in [1.165, 1.54) is 35.9 Å². The number of halogens is 3. The second-order valence-corrected chi connectivity index (χ2v) is 11.5. The monoisotopic (exact) mass is 577 g/mol. The SMILES string of the molecule is CC(NN1c2nc(C(=O)O)ncc2N(Cc2ccc(C(F)(F)F)cc2)C1C1=C(c2ccccc2)CCCC1)C1CCC1. The number of hydrazine groups is 1. The minimum Gasteiger partial charge on any atom is -0.475 e. The maximum absolute atomic E-state index is 13.3. The van der Waals surface area contributed by atoms with Gasteiger partial charge in [-0.15, -0.1) is 0 Å². The number of rotatable bonds is 8. The number of nitrogens with one attached hydrogen (secondary N) is 1. The zero-order chi connectivity index (χ0) is 29.4. The summed E-state index contributed by atoms with van der Waals surface area (Å²) in [5.41, 5.74) is 7.92. The molecule has 2 heterocycles. The van der Waals surface area contributed by atoms with Crippen LogP contribution in [0, 0.1) is 5.92 Å². The van der Waals surface area contributed by atoms with Gasteiger partial charge in [-0.1, -0.05) is 48.9 Å². The van der Waals surface area contributed by atoms with Crippen LogP contribution in [0.1, 0.15) is 79.2 Å². The van der Waals surface area contributed by atoms with E-state index >= 15 is 0 Å². The number of carboxylic acids is 1. The van der Waals surface area contributed by atoms with Crippen LogP contribution in [0.4, 0.5) is 24.7 Å². The summed E-state index contributed by atoms with van der Waals surface area (Å²) in [6, 6.07) is 15.6. The van der Waals surface area contributed by atoms with Crippen LogP contribution >= 0.6 is 0 Å². The molecule has 2 atom stereocenters. The van der Waals surface area contributed by atoms with Crippen molar-refractivity contribution in [3.05, 3.63) is 88.9 Å². The lowest BCUT2D eigenvalue weighted by Crippen LogP contribution is -2.56. The number of carbonyl (C=O) groups is 1. The minimum absolute atomic E-state index is 0.118. The van der Waals surface area contributed by atoms with Gasteiger partial charge in [-0.05, 0) is 85.8 Å². The van der Waals surface area contributed by atoms with Crippen LogP contribution in [0.3, 0.4) is 0 Å². The molecule has 1 aromatic heterocycles. The molecule has 7 nitrogen and oxygen atoms in total. The van der Waals surface area contributed by atoms with Gasteiger partial charge in [-0.3, -0.25) is 5.01 Å². The van der Waals surface area contributed by atoms with Crippen LogP contribution in [0.5, 0.6) is 0 Å². The van der Waals surface area contributed by atoms with Crippen molar-refractivity contribution in [2.24, 2.45) is 5.92 Å². The van der Waals surface area contributed by atoms with Gasteiger partial charge in [0.1, 0.15) is 11.9 Å². The molecule has 1 aliphatic heterocycles. The third kappa shape index (κ3) is 5.47. The third-order valence-corrected chi connectivity index (χ3v) is 8.80. The normalized spacial score (nSPS) is 20.0. The number of aromatic nitrogens is 2. The van der Waals surface area contributed by atoms with Crippen molar-refractivity contribution in [3.8, 4) is 0 Å². The van der Waals surface area contributed by atoms with E-state index in [2.05, 4.69) is 39.4 Å².